The molecule has 0 spiro atoms. The second kappa shape index (κ2) is 13.6. The predicted octanol–water partition coefficient (Wildman–Crippen LogP) is 14.6. The zero-order chi connectivity index (χ0) is 41.7. The number of aromatic nitrogens is 5. The summed E-state index contributed by atoms with van der Waals surface area (Å²) in [6, 6.07) is 63.2. The lowest BCUT2D eigenvalue weighted by Crippen LogP contribution is -2.33. The molecule has 0 amide bonds. The normalized spacial score (nSPS) is 14.6. The lowest BCUT2D eigenvalue weighted by Gasteiger charge is -2.42. The maximum absolute atomic E-state index is 5.28. The van der Waals surface area contributed by atoms with Crippen LogP contribution in [0.5, 0.6) is 0 Å². The van der Waals surface area contributed by atoms with Gasteiger partial charge in [0.1, 0.15) is 0 Å². The van der Waals surface area contributed by atoms with E-state index in [1.807, 2.05) is 18.2 Å². The average Bonchev–Trinajstić information content (AvgIpc) is 3.82. The van der Waals surface area contributed by atoms with Crippen molar-refractivity contribution in [3.8, 4) is 45.5 Å². The Morgan fingerprint density at radius 1 is 0.371 bits per heavy atom. The van der Waals surface area contributed by atoms with Gasteiger partial charge in [0, 0.05) is 49.3 Å². The Hall–Kier alpha value is -7.37. The van der Waals surface area contributed by atoms with Crippen LogP contribution in [0.4, 0.5) is 0 Å². The Kier molecular flexibility index (Phi) is 7.98. The Morgan fingerprint density at radius 3 is 1.45 bits per heavy atom. The van der Waals surface area contributed by atoms with Gasteiger partial charge in [0.25, 0.3) is 0 Å². The largest absolute Gasteiger partial charge is 0.309 e. The fraction of sp³-hybridized carbons (Fsp3) is 0.140. The Balaban J connectivity index is 1.03. The third-order valence-corrected chi connectivity index (χ3v) is 13.7. The van der Waals surface area contributed by atoms with Gasteiger partial charge in [0.2, 0.25) is 0 Å². The number of para-hydroxylation sites is 3. The van der Waals surface area contributed by atoms with Crippen molar-refractivity contribution >= 4 is 54.4 Å². The number of fused-ring (bicyclic) bond motifs is 8. The highest BCUT2D eigenvalue weighted by molar-refractivity contribution is 6.12. The molecule has 0 bridgehead atoms. The summed E-state index contributed by atoms with van der Waals surface area (Å²) < 4.78 is 4.83. The van der Waals surface area contributed by atoms with Gasteiger partial charge in [-0.1, -0.05) is 137 Å². The summed E-state index contributed by atoms with van der Waals surface area (Å²) in [5.41, 5.74) is 13.0. The predicted molar refractivity (Wildman–Crippen MR) is 258 cm³/mol. The zero-order valence-electron chi connectivity index (χ0n) is 35.4. The van der Waals surface area contributed by atoms with E-state index in [4.69, 9.17) is 15.0 Å². The molecule has 0 N–H and O–H groups in total. The molecule has 298 valence electrons. The third-order valence-electron chi connectivity index (χ3n) is 13.7. The lowest BCUT2D eigenvalue weighted by atomic mass is 9.63. The van der Waals surface area contributed by atoms with E-state index in [1.165, 1.54) is 67.6 Å². The van der Waals surface area contributed by atoms with E-state index in [0.717, 1.165) is 38.8 Å². The molecule has 11 aromatic rings. The summed E-state index contributed by atoms with van der Waals surface area (Å²) in [4.78, 5) is 15.6. The number of nitrogens with zero attached hydrogens (tertiary/aromatic N) is 5. The standard InChI is InChI=1S/C57H45N5/c1-56(2)32-33-57(3,4)47-35-52-45(34-46(47)56)43-22-12-15-25-50(43)62(52)51-31-30-44(39-18-8-9-19-40(39)51)55-59-53(36-16-6-5-7-17-36)58-54(60-55)37-26-28-38(29-27-37)61-48-23-13-10-20-41(48)42-21-11-14-24-49(42)61/h5-31,34-35H,32-33H2,1-4H3. The molecular weight excluding hydrogens is 755 g/mol. The van der Waals surface area contributed by atoms with E-state index in [-0.39, 0.29) is 10.8 Å². The van der Waals surface area contributed by atoms with Crippen molar-refractivity contribution in [3.63, 3.8) is 0 Å². The summed E-state index contributed by atoms with van der Waals surface area (Å²) in [7, 11) is 0. The van der Waals surface area contributed by atoms with E-state index in [9.17, 15) is 0 Å². The zero-order valence-corrected chi connectivity index (χ0v) is 35.4. The van der Waals surface area contributed by atoms with Gasteiger partial charge in [0.05, 0.1) is 27.8 Å². The molecule has 0 aliphatic heterocycles. The summed E-state index contributed by atoms with van der Waals surface area (Å²) in [6.45, 7) is 9.65. The van der Waals surface area contributed by atoms with E-state index in [1.54, 1.807) is 0 Å². The van der Waals surface area contributed by atoms with Crippen LogP contribution in [-0.2, 0) is 10.8 Å². The van der Waals surface area contributed by atoms with Gasteiger partial charge in [0.15, 0.2) is 17.5 Å². The summed E-state index contributed by atoms with van der Waals surface area (Å²) in [5, 5.41) is 7.29. The van der Waals surface area contributed by atoms with Crippen LogP contribution in [0.3, 0.4) is 0 Å². The van der Waals surface area contributed by atoms with Crippen molar-refractivity contribution in [2.24, 2.45) is 0 Å². The number of hydrogen-bond acceptors (Lipinski definition) is 3. The fourth-order valence-electron chi connectivity index (χ4n) is 10.3. The molecule has 0 saturated heterocycles. The molecule has 0 fully saturated rings. The molecule has 3 aromatic heterocycles. The van der Waals surface area contributed by atoms with Crippen LogP contribution in [0, 0.1) is 0 Å². The topological polar surface area (TPSA) is 48.5 Å². The number of hydrogen-bond donors (Lipinski definition) is 0. The van der Waals surface area contributed by atoms with Crippen LogP contribution in [0.2, 0.25) is 0 Å². The molecule has 12 rings (SSSR count). The minimum atomic E-state index is 0.0878. The van der Waals surface area contributed by atoms with Crippen molar-refractivity contribution in [3.05, 3.63) is 187 Å². The van der Waals surface area contributed by atoms with E-state index < -0.39 is 0 Å². The smallest absolute Gasteiger partial charge is 0.164 e. The third kappa shape index (κ3) is 5.58. The van der Waals surface area contributed by atoms with Gasteiger partial charge < -0.3 is 9.13 Å². The summed E-state index contributed by atoms with van der Waals surface area (Å²) in [6.07, 6.45) is 2.35. The molecule has 1 aliphatic carbocycles. The molecule has 5 nitrogen and oxygen atoms in total. The van der Waals surface area contributed by atoms with Crippen molar-refractivity contribution in [1.82, 2.24) is 24.1 Å². The van der Waals surface area contributed by atoms with Gasteiger partial charge in [-0.25, -0.2) is 15.0 Å². The molecule has 3 heterocycles. The summed E-state index contributed by atoms with van der Waals surface area (Å²) in [5.74, 6) is 1.92. The summed E-state index contributed by atoms with van der Waals surface area (Å²) >= 11 is 0. The molecule has 0 unspecified atom stereocenters. The Labute approximate surface area is 361 Å². The molecule has 5 heteroatoms. The first kappa shape index (κ1) is 36.5. The lowest BCUT2D eigenvalue weighted by molar-refractivity contribution is 0.332. The number of benzene rings is 8. The maximum Gasteiger partial charge on any atom is 0.164 e. The van der Waals surface area contributed by atoms with Gasteiger partial charge in [-0.3, -0.25) is 0 Å². The van der Waals surface area contributed by atoms with Crippen LogP contribution in [-0.4, -0.2) is 24.1 Å². The first-order chi connectivity index (χ1) is 30.2. The van der Waals surface area contributed by atoms with Crippen LogP contribution < -0.4 is 0 Å². The van der Waals surface area contributed by atoms with Crippen LogP contribution in [0.25, 0.3) is 99.9 Å². The highest BCUT2D eigenvalue weighted by Gasteiger charge is 2.38. The van der Waals surface area contributed by atoms with Crippen LogP contribution in [0.15, 0.2) is 176 Å². The second-order valence-electron chi connectivity index (χ2n) is 18.3. The van der Waals surface area contributed by atoms with Crippen molar-refractivity contribution < 1.29 is 0 Å². The van der Waals surface area contributed by atoms with E-state index in [2.05, 4.69) is 195 Å². The molecule has 62 heavy (non-hydrogen) atoms. The first-order valence-electron chi connectivity index (χ1n) is 21.7. The van der Waals surface area contributed by atoms with Gasteiger partial charge >= 0.3 is 0 Å². The van der Waals surface area contributed by atoms with Crippen molar-refractivity contribution in [1.29, 1.82) is 0 Å². The van der Waals surface area contributed by atoms with Crippen molar-refractivity contribution in [2.75, 3.05) is 0 Å². The highest BCUT2D eigenvalue weighted by atomic mass is 15.0. The van der Waals surface area contributed by atoms with Gasteiger partial charge in [-0.15, -0.1) is 0 Å². The van der Waals surface area contributed by atoms with E-state index >= 15 is 0 Å². The van der Waals surface area contributed by atoms with Gasteiger partial charge in [-0.05, 0) is 107 Å². The second-order valence-corrected chi connectivity index (χ2v) is 18.3. The molecule has 8 aromatic carbocycles. The van der Waals surface area contributed by atoms with Crippen molar-refractivity contribution in [2.45, 2.75) is 51.4 Å². The number of rotatable bonds is 5. The Bertz CT molecular complexity index is 3520. The maximum atomic E-state index is 5.28. The molecule has 1 aliphatic rings. The first-order valence-corrected chi connectivity index (χ1v) is 21.7. The minimum Gasteiger partial charge on any atom is -0.309 e. The SMILES string of the molecule is CC1(C)CCC(C)(C)c2cc3c(cc21)c1ccccc1n3-c1ccc(-c2nc(-c3ccccc3)nc(-c3ccc(-n4c5ccccc5c5ccccc54)cc3)n2)c2ccccc12. The monoisotopic (exact) mass is 799 g/mol. The fourth-order valence-corrected chi connectivity index (χ4v) is 10.3. The van der Waals surface area contributed by atoms with Gasteiger partial charge in [-0.2, -0.15) is 0 Å². The molecule has 0 saturated carbocycles. The Morgan fingerprint density at radius 2 is 0.839 bits per heavy atom. The molecular formula is C57H45N5. The molecule has 0 atom stereocenters. The van der Waals surface area contributed by atoms with Crippen LogP contribution in [0.1, 0.15) is 51.7 Å². The van der Waals surface area contributed by atoms with E-state index in [0.29, 0.717) is 17.5 Å². The quantitative estimate of drug-likeness (QED) is 0.174. The highest BCUT2D eigenvalue weighted by Crippen LogP contribution is 2.49. The average molecular weight is 800 g/mol. The minimum absolute atomic E-state index is 0.0878. The van der Waals surface area contributed by atoms with Crippen LogP contribution >= 0.6 is 0 Å². The molecule has 0 radical (unpaired) electrons.